The van der Waals surface area contributed by atoms with Gasteiger partial charge in [-0.1, -0.05) is 17.7 Å². The van der Waals surface area contributed by atoms with Crippen molar-refractivity contribution >= 4 is 29.0 Å². The Hall–Kier alpha value is -2.28. The number of hydrogen-bond acceptors (Lipinski definition) is 5. The van der Waals surface area contributed by atoms with E-state index in [9.17, 15) is 9.59 Å². The van der Waals surface area contributed by atoms with E-state index in [4.69, 9.17) is 11.6 Å². The van der Waals surface area contributed by atoms with Crippen LogP contribution in [0.1, 0.15) is 16.2 Å². The fourth-order valence-electron chi connectivity index (χ4n) is 1.99. The van der Waals surface area contributed by atoms with E-state index in [-0.39, 0.29) is 6.54 Å². The molecule has 0 spiro atoms. The Kier molecular flexibility index (Phi) is 2.56. The van der Waals surface area contributed by atoms with Gasteiger partial charge in [-0.2, -0.15) is 4.80 Å². The topological polar surface area (TPSA) is 81.0 Å². The van der Waals surface area contributed by atoms with E-state index in [1.165, 1.54) is 9.70 Å². The van der Waals surface area contributed by atoms with Gasteiger partial charge in [0.05, 0.1) is 29.9 Å². The number of tetrazole rings is 1. The van der Waals surface area contributed by atoms with Gasteiger partial charge < -0.3 is 0 Å². The molecule has 0 saturated heterocycles. The molecule has 1 aromatic carbocycles. The fourth-order valence-corrected chi connectivity index (χ4v) is 2.27. The summed E-state index contributed by atoms with van der Waals surface area (Å²) in [5, 5.41) is 11.8. The van der Waals surface area contributed by atoms with Crippen LogP contribution in [-0.2, 0) is 18.4 Å². The molecule has 0 aliphatic carbocycles. The normalized spacial score (nSPS) is 14.1. The molecule has 0 saturated carbocycles. The Morgan fingerprint density at radius 3 is 2.79 bits per heavy atom. The number of aromatic nitrogens is 4. The van der Waals surface area contributed by atoms with Gasteiger partial charge in [0.2, 0.25) is 0 Å². The first-order valence-electron chi connectivity index (χ1n) is 5.45. The Bertz CT molecular complexity index is 696. The molecule has 0 atom stereocenters. The fraction of sp³-hybridized carbons (Fsp3) is 0.182. The highest BCUT2D eigenvalue weighted by molar-refractivity contribution is 6.54. The third kappa shape index (κ3) is 1.78. The molecule has 1 aliphatic heterocycles. The smallest absolute Gasteiger partial charge is 0.295 e. The molecule has 3 rings (SSSR count). The number of Topliss-reactive ketones (excluding diaryl/α,β-unsaturated/α-hetero) is 1. The number of ketones is 1. The lowest BCUT2D eigenvalue weighted by Gasteiger charge is -2.15. The second kappa shape index (κ2) is 4.13. The molecule has 8 heteroatoms. The van der Waals surface area contributed by atoms with Gasteiger partial charge in [-0.3, -0.25) is 14.5 Å². The van der Waals surface area contributed by atoms with Crippen LogP contribution in [0.25, 0.3) is 0 Å². The SMILES string of the molecule is Cn1nnc(CN2C(=O)C(=O)c3cccc(Cl)c32)n1. The monoisotopic (exact) mass is 277 g/mol. The second-order valence-corrected chi connectivity index (χ2v) is 4.46. The Labute approximate surface area is 112 Å². The predicted molar refractivity (Wildman–Crippen MR) is 65.8 cm³/mol. The van der Waals surface area contributed by atoms with Crippen molar-refractivity contribution in [2.45, 2.75) is 6.54 Å². The zero-order valence-corrected chi connectivity index (χ0v) is 10.6. The third-order valence-corrected chi connectivity index (χ3v) is 3.10. The number of anilines is 1. The van der Waals surface area contributed by atoms with Crippen molar-refractivity contribution < 1.29 is 9.59 Å². The summed E-state index contributed by atoms with van der Waals surface area (Å²) in [6.45, 7) is 0.0646. The van der Waals surface area contributed by atoms with Gasteiger partial charge in [0, 0.05) is 0 Å². The minimum atomic E-state index is -0.629. The van der Waals surface area contributed by atoms with E-state index in [0.29, 0.717) is 22.1 Å². The summed E-state index contributed by atoms with van der Waals surface area (Å²) < 4.78 is 0. The van der Waals surface area contributed by atoms with Gasteiger partial charge >= 0.3 is 0 Å². The number of halogens is 1. The molecule has 1 aliphatic rings. The Morgan fingerprint density at radius 1 is 1.32 bits per heavy atom. The van der Waals surface area contributed by atoms with Crippen molar-refractivity contribution in [1.29, 1.82) is 0 Å². The number of carbonyl (C=O) groups is 2. The molecule has 0 fully saturated rings. The number of amides is 1. The van der Waals surface area contributed by atoms with Gasteiger partial charge in [0.15, 0.2) is 5.82 Å². The highest BCUT2D eigenvalue weighted by Crippen LogP contribution is 2.36. The summed E-state index contributed by atoms with van der Waals surface area (Å²) in [6.07, 6.45) is 0. The van der Waals surface area contributed by atoms with Crippen LogP contribution in [0.3, 0.4) is 0 Å². The summed E-state index contributed by atoms with van der Waals surface area (Å²) in [5.74, 6) is -0.853. The maximum Gasteiger partial charge on any atom is 0.299 e. The lowest BCUT2D eigenvalue weighted by Crippen LogP contribution is -2.29. The minimum Gasteiger partial charge on any atom is -0.295 e. The van der Waals surface area contributed by atoms with Gasteiger partial charge in [0.1, 0.15) is 0 Å². The number of nitrogens with zero attached hydrogens (tertiary/aromatic N) is 5. The first kappa shape index (κ1) is 11.8. The summed E-state index contributed by atoms with van der Waals surface area (Å²) in [4.78, 5) is 26.4. The van der Waals surface area contributed by atoms with E-state index in [2.05, 4.69) is 15.4 Å². The van der Waals surface area contributed by atoms with Gasteiger partial charge in [0.25, 0.3) is 11.7 Å². The largest absolute Gasteiger partial charge is 0.299 e. The van der Waals surface area contributed by atoms with Crippen LogP contribution in [0, 0.1) is 0 Å². The Balaban J connectivity index is 2.04. The van der Waals surface area contributed by atoms with Crippen LogP contribution in [0.15, 0.2) is 18.2 Å². The van der Waals surface area contributed by atoms with Crippen LogP contribution >= 0.6 is 11.6 Å². The number of carbonyl (C=O) groups excluding carboxylic acids is 2. The molecule has 0 bridgehead atoms. The van der Waals surface area contributed by atoms with Crippen molar-refractivity contribution in [1.82, 2.24) is 20.2 Å². The number of para-hydroxylation sites is 1. The van der Waals surface area contributed by atoms with Crippen LogP contribution in [-0.4, -0.2) is 31.9 Å². The average Bonchev–Trinajstić information content (AvgIpc) is 2.89. The van der Waals surface area contributed by atoms with Crippen molar-refractivity contribution in [3.63, 3.8) is 0 Å². The van der Waals surface area contributed by atoms with E-state index < -0.39 is 11.7 Å². The lowest BCUT2D eigenvalue weighted by molar-refractivity contribution is -0.114. The molecule has 7 nitrogen and oxygen atoms in total. The Morgan fingerprint density at radius 2 is 2.11 bits per heavy atom. The molecule has 2 heterocycles. The van der Waals surface area contributed by atoms with Crippen LogP contribution < -0.4 is 4.90 Å². The number of hydrogen-bond donors (Lipinski definition) is 0. The number of benzene rings is 1. The molecular weight excluding hydrogens is 270 g/mol. The summed E-state index contributed by atoms with van der Waals surface area (Å²) in [7, 11) is 1.62. The van der Waals surface area contributed by atoms with E-state index >= 15 is 0 Å². The standard InChI is InChI=1S/C11H8ClN5O2/c1-16-14-8(13-15-16)5-17-9-6(10(18)11(17)19)3-2-4-7(9)12/h2-4H,5H2,1H3. The van der Waals surface area contributed by atoms with Gasteiger partial charge in [-0.25, -0.2) is 0 Å². The van der Waals surface area contributed by atoms with E-state index in [0.717, 1.165) is 0 Å². The first-order chi connectivity index (χ1) is 9.08. The second-order valence-electron chi connectivity index (χ2n) is 4.05. The molecule has 1 aromatic heterocycles. The molecular formula is C11H8ClN5O2. The molecule has 0 N–H and O–H groups in total. The maximum absolute atomic E-state index is 12.0. The number of rotatable bonds is 2. The van der Waals surface area contributed by atoms with Gasteiger partial charge in [-0.15, -0.1) is 10.2 Å². The summed E-state index contributed by atoms with van der Waals surface area (Å²) >= 11 is 6.06. The van der Waals surface area contributed by atoms with Crippen LogP contribution in [0.5, 0.6) is 0 Å². The predicted octanol–water partition coefficient (Wildman–Crippen LogP) is 0.593. The number of aryl methyl sites for hydroxylation is 1. The van der Waals surface area contributed by atoms with Crippen LogP contribution in [0.2, 0.25) is 5.02 Å². The van der Waals surface area contributed by atoms with Crippen molar-refractivity contribution in [3.8, 4) is 0 Å². The highest BCUT2D eigenvalue weighted by Gasteiger charge is 2.37. The molecule has 96 valence electrons. The molecule has 19 heavy (non-hydrogen) atoms. The van der Waals surface area contributed by atoms with Crippen molar-refractivity contribution in [3.05, 3.63) is 34.6 Å². The minimum absolute atomic E-state index is 0.0646. The molecule has 0 unspecified atom stereocenters. The van der Waals surface area contributed by atoms with E-state index in [1.807, 2.05) is 0 Å². The van der Waals surface area contributed by atoms with E-state index in [1.54, 1.807) is 25.2 Å². The molecule has 0 radical (unpaired) electrons. The zero-order valence-electron chi connectivity index (χ0n) is 9.87. The summed E-state index contributed by atoms with van der Waals surface area (Å²) in [6, 6.07) is 4.84. The first-order valence-corrected chi connectivity index (χ1v) is 5.83. The molecule has 2 aromatic rings. The van der Waals surface area contributed by atoms with Gasteiger partial charge in [-0.05, 0) is 17.3 Å². The lowest BCUT2D eigenvalue weighted by atomic mass is 10.1. The quantitative estimate of drug-likeness (QED) is 0.751. The molecule has 1 amide bonds. The zero-order chi connectivity index (χ0) is 13.6. The van der Waals surface area contributed by atoms with Crippen LogP contribution in [0.4, 0.5) is 5.69 Å². The highest BCUT2D eigenvalue weighted by atomic mass is 35.5. The average molecular weight is 278 g/mol. The maximum atomic E-state index is 12.0. The van der Waals surface area contributed by atoms with Crippen molar-refractivity contribution in [2.24, 2.45) is 7.05 Å². The van der Waals surface area contributed by atoms with Crippen molar-refractivity contribution in [2.75, 3.05) is 4.90 Å². The number of fused-ring (bicyclic) bond motifs is 1. The third-order valence-electron chi connectivity index (χ3n) is 2.79. The summed E-state index contributed by atoms with van der Waals surface area (Å²) in [5.41, 5.74) is 0.716.